The van der Waals surface area contributed by atoms with Gasteiger partial charge >= 0.3 is 6.03 Å². The number of amides is 2. The average Bonchev–Trinajstić information content (AvgIpc) is 2.49. The molecule has 0 bridgehead atoms. The molecule has 6 heteroatoms. The van der Waals surface area contributed by atoms with Crippen molar-refractivity contribution >= 4 is 43.6 Å². The van der Waals surface area contributed by atoms with E-state index >= 15 is 0 Å². The Hall–Kier alpha value is -1.53. The van der Waals surface area contributed by atoms with Crippen LogP contribution in [0.3, 0.4) is 0 Å². The number of nitrogens with one attached hydrogen (secondary N) is 1. The van der Waals surface area contributed by atoms with Crippen LogP contribution in [0.4, 0.5) is 10.5 Å². The zero-order chi connectivity index (χ0) is 16.1. The van der Waals surface area contributed by atoms with E-state index in [1.165, 1.54) is 0 Å². The number of carbonyl (C=O) groups is 1. The van der Waals surface area contributed by atoms with Crippen molar-refractivity contribution in [3.05, 3.63) is 57.0 Å². The summed E-state index contributed by atoms with van der Waals surface area (Å²) >= 11 is 6.80. The molecule has 2 aromatic carbocycles. The number of urea groups is 1. The van der Waals surface area contributed by atoms with E-state index in [0.29, 0.717) is 12.2 Å². The quantitative estimate of drug-likeness (QED) is 0.754. The van der Waals surface area contributed by atoms with Gasteiger partial charge in [0.15, 0.2) is 0 Å². The number of carbonyl (C=O) groups excluding carboxylic acids is 1. The first-order valence-electron chi connectivity index (χ1n) is 6.59. The molecule has 0 aliphatic heterocycles. The predicted octanol–water partition coefficient (Wildman–Crippen LogP) is 4.88. The lowest BCUT2D eigenvalue weighted by atomic mass is 10.2. The molecule has 0 aliphatic carbocycles. The highest BCUT2D eigenvalue weighted by Gasteiger charge is 2.10. The van der Waals surface area contributed by atoms with Gasteiger partial charge in [0, 0.05) is 23.8 Å². The van der Waals surface area contributed by atoms with E-state index in [-0.39, 0.29) is 6.03 Å². The molecule has 2 aromatic rings. The van der Waals surface area contributed by atoms with E-state index in [9.17, 15) is 4.79 Å². The maximum atomic E-state index is 12.2. The van der Waals surface area contributed by atoms with Crippen LogP contribution in [0.1, 0.15) is 5.56 Å². The first-order chi connectivity index (χ1) is 10.5. The molecule has 0 aromatic heterocycles. The number of hydrogen-bond acceptors (Lipinski definition) is 2. The zero-order valence-corrected chi connectivity index (χ0v) is 15.4. The maximum Gasteiger partial charge on any atom is 0.321 e. The highest BCUT2D eigenvalue weighted by Crippen LogP contribution is 2.27. The lowest BCUT2D eigenvalue weighted by Crippen LogP contribution is -2.30. The van der Waals surface area contributed by atoms with Crippen LogP contribution in [0.5, 0.6) is 5.75 Å². The van der Waals surface area contributed by atoms with Gasteiger partial charge in [-0.15, -0.1) is 0 Å². The first kappa shape index (κ1) is 16.8. The van der Waals surface area contributed by atoms with Crippen molar-refractivity contribution < 1.29 is 9.53 Å². The Kier molecular flexibility index (Phi) is 5.85. The normalized spacial score (nSPS) is 10.2. The van der Waals surface area contributed by atoms with Crippen molar-refractivity contribution in [1.29, 1.82) is 0 Å². The van der Waals surface area contributed by atoms with Crippen LogP contribution in [-0.2, 0) is 6.54 Å². The zero-order valence-electron chi connectivity index (χ0n) is 12.3. The monoisotopic (exact) mass is 426 g/mol. The van der Waals surface area contributed by atoms with Crippen LogP contribution in [0.15, 0.2) is 51.4 Å². The van der Waals surface area contributed by atoms with E-state index in [4.69, 9.17) is 4.74 Å². The molecule has 0 fully saturated rings. The summed E-state index contributed by atoms with van der Waals surface area (Å²) in [6, 6.07) is 13.1. The second kappa shape index (κ2) is 7.65. The molecule has 0 aliphatic rings. The van der Waals surface area contributed by atoms with Gasteiger partial charge in [0.05, 0.1) is 11.6 Å². The van der Waals surface area contributed by atoms with Crippen molar-refractivity contribution in [2.45, 2.75) is 6.54 Å². The molecule has 116 valence electrons. The van der Waals surface area contributed by atoms with E-state index in [2.05, 4.69) is 37.2 Å². The van der Waals surface area contributed by atoms with Gasteiger partial charge in [-0.1, -0.05) is 28.1 Å². The predicted molar refractivity (Wildman–Crippen MR) is 95.3 cm³/mol. The second-order valence-corrected chi connectivity index (χ2v) is 6.53. The number of nitrogens with zero attached hydrogens (tertiary/aromatic N) is 1. The summed E-state index contributed by atoms with van der Waals surface area (Å²) in [5.41, 5.74) is 1.78. The third-order valence-electron chi connectivity index (χ3n) is 3.08. The Morgan fingerprint density at radius 2 is 1.86 bits per heavy atom. The van der Waals surface area contributed by atoms with Crippen molar-refractivity contribution in [3.63, 3.8) is 0 Å². The average molecular weight is 428 g/mol. The van der Waals surface area contributed by atoms with E-state index < -0.39 is 0 Å². The van der Waals surface area contributed by atoms with Crippen LogP contribution >= 0.6 is 31.9 Å². The summed E-state index contributed by atoms with van der Waals surface area (Å²) in [4.78, 5) is 13.8. The fourth-order valence-electron chi connectivity index (χ4n) is 1.90. The Bertz CT molecular complexity index is 660. The van der Waals surface area contributed by atoms with Gasteiger partial charge in [-0.25, -0.2) is 4.79 Å². The fraction of sp³-hybridized carbons (Fsp3) is 0.188. The Balaban J connectivity index is 1.99. The molecule has 0 unspecified atom stereocenters. The molecule has 0 saturated heterocycles. The number of benzene rings is 2. The SMILES string of the molecule is COc1ccc(NC(=O)N(C)Cc2ccc(Br)cc2)cc1Br. The molecule has 0 spiro atoms. The Morgan fingerprint density at radius 1 is 1.18 bits per heavy atom. The standard InChI is InChI=1S/C16H16Br2N2O2/c1-20(10-11-3-5-12(17)6-4-11)16(21)19-13-7-8-15(22-2)14(18)9-13/h3-9H,10H2,1-2H3,(H,19,21). The van der Waals surface area contributed by atoms with Gasteiger partial charge in [0.25, 0.3) is 0 Å². The van der Waals surface area contributed by atoms with E-state index in [0.717, 1.165) is 20.3 Å². The van der Waals surface area contributed by atoms with Gasteiger partial charge in [-0.3, -0.25) is 0 Å². The molecule has 2 amide bonds. The molecule has 0 radical (unpaired) electrons. The van der Waals surface area contributed by atoms with Crippen molar-refractivity contribution in [2.75, 3.05) is 19.5 Å². The maximum absolute atomic E-state index is 12.2. The Morgan fingerprint density at radius 3 is 2.45 bits per heavy atom. The van der Waals surface area contributed by atoms with Crippen LogP contribution in [0.25, 0.3) is 0 Å². The largest absolute Gasteiger partial charge is 0.496 e. The van der Waals surface area contributed by atoms with E-state index in [1.807, 2.05) is 30.3 Å². The van der Waals surface area contributed by atoms with Gasteiger partial charge in [0.1, 0.15) is 5.75 Å². The van der Waals surface area contributed by atoms with Gasteiger partial charge in [-0.2, -0.15) is 0 Å². The number of ether oxygens (including phenoxy) is 1. The highest BCUT2D eigenvalue weighted by molar-refractivity contribution is 9.10. The molecular weight excluding hydrogens is 412 g/mol. The third kappa shape index (κ3) is 4.48. The smallest absolute Gasteiger partial charge is 0.321 e. The first-order valence-corrected chi connectivity index (χ1v) is 8.18. The van der Waals surface area contributed by atoms with E-state index in [1.54, 1.807) is 31.2 Å². The minimum Gasteiger partial charge on any atom is -0.496 e. The Labute approximate surface area is 146 Å². The minimum atomic E-state index is -0.167. The lowest BCUT2D eigenvalue weighted by molar-refractivity contribution is 0.220. The minimum absolute atomic E-state index is 0.167. The molecule has 0 heterocycles. The van der Waals surface area contributed by atoms with Gasteiger partial charge < -0.3 is 15.0 Å². The fourth-order valence-corrected chi connectivity index (χ4v) is 2.70. The molecule has 1 N–H and O–H groups in total. The third-order valence-corrected chi connectivity index (χ3v) is 4.23. The molecular formula is C16H16Br2N2O2. The molecule has 0 atom stereocenters. The summed E-state index contributed by atoms with van der Waals surface area (Å²) in [5.74, 6) is 0.723. The lowest BCUT2D eigenvalue weighted by Gasteiger charge is -2.18. The summed E-state index contributed by atoms with van der Waals surface area (Å²) in [6.45, 7) is 0.538. The molecule has 22 heavy (non-hydrogen) atoms. The summed E-state index contributed by atoms with van der Waals surface area (Å²) in [7, 11) is 3.36. The van der Waals surface area contributed by atoms with Gasteiger partial charge in [-0.05, 0) is 51.8 Å². The topological polar surface area (TPSA) is 41.6 Å². The number of halogens is 2. The number of anilines is 1. The summed E-state index contributed by atoms with van der Waals surface area (Å²) < 4.78 is 6.98. The van der Waals surface area contributed by atoms with Crippen molar-refractivity contribution in [2.24, 2.45) is 0 Å². The van der Waals surface area contributed by atoms with Crippen molar-refractivity contribution in [3.8, 4) is 5.75 Å². The molecule has 2 rings (SSSR count). The number of methoxy groups -OCH3 is 1. The number of rotatable bonds is 4. The van der Waals surface area contributed by atoms with Crippen LogP contribution < -0.4 is 10.1 Å². The van der Waals surface area contributed by atoms with Crippen LogP contribution in [0.2, 0.25) is 0 Å². The summed E-state index contributed by atoms with van der Waals surface area (Å²) in [6.07, 6.45) is 0. The number of hydrogen-bond donors (Lipinski definition) is 1. The highest BCUT2D eigenvalue weighted by atomic mass is 79.9. The van der Waals surface area contributed by atoms with Gasteiger partial charge in [0.2, 0.25) is 0 Å². The van der Waals surface area contributed by atoms with Crippen LogP contribution in [0, 0.1) is 0 Å². The van der Waals surface area contributed by atoms with Crippen LogP contribution in [-0.4, -0.2) is 25.1 Å². The molecule has 0 saturated carbocycles. The molecule has 4 nitrogen and oxygen atoms in total. The summed E-state index contributed by atoms with van der Waals surface area (Å²) in [5, 5.41) is 2.86. The second-order valence-electron chi connectivity index (χ2n) is 4.76. The van der Waals surface area contributed by atoms with Crippen molar-refractivity contribution in [1.82, 2.24) is 4.90 Å².